The van der Waals surface area contributed by atoms with Crippen LogP contribution in [0.15, 0.2) is 0 Å². The van der Waals surface area contributed by atoms with Crippen LogP contribution in [0.3, 0.4) is 0 Å². The molecule has 1 N–H and O–H groups in total. The molecule has 2 saturated heterocycles. The predicted molar refractivity (Wildman–Crippen MR) is 57.0 cm³/mol. The monoisotopic (exact) mass is 201 g/mol. The lowest BCUT2D eigenvalue weighted by molar-refractivity contribution is -0.0473. The lowest BCUT2D eigenvalue weighted by Gasteiger charge is -2.40. The topological polar surface area (TPSA) is 21.3 Å². The minimum atomic E-state index is 0.330. The Kier molecular flexibility index (Phi) is 2.60. The summed E-state index contributed by atoms with van der Waals surface area (Å²) < 4.78 is 5.75. The van der Waals surface area contributed by atoms with Gasteiger partial charge in [-0.15, -0.1) is 11.8 Å². The van der Waals surface area contributed by atoms with Crippen molar-refractivity contribution in [1.82, 2.24) is 5.32 Å². The summed E-state index contributed by atoms with van der Waals surface area (Å²) in [4.78, 5) is 0.330. The molecule has 3 heteroatoms. The van der Waals surface area contributed by atoms with E-state index in [0.29, 0.717) is 17.1 Å². The van der Waals surface area contributed by atoms with Crippen molar-refractivity contribution in [2.75, 3.05) is 6.54 Å². The highest BCUT2D eigenvalue weighted by atomic mass is 32.2. The van der Waals surface area contributed by atoms with Gasteiger partial charge in [0.25, 0.3) is 0 Å². The maximum absolute atomic E-state index is 5.75. The molecule has 2 fully saturated rings. The lowest BCUT2D eigenvalue weighted by atomic mass is 9.99. The largest absolute Gasteiger partial charge is 0.375 e. The summed E-state index contributed by atoms with van der Waals surface area (Å²) in [5.41, 5.74) is 0. The fraction of sp³-hybridized carbons (Fsp3) is 1.00. The van der Waals surface area contributed by atoms with Gasteiger partial charge in [-0.2, -0.15) is 0 Å². The van der Waals surface area contributed by atoms with Gasteiger partial charge in [-0.05, 0) is 13.8 Å². The summed E-state index contributed by atoms with van der Waals surface area (Å²) >= 11 is 2.11. The summed E-state index contributed by atoms with van der Waals surface area (Å²) in [5.74, 6) is 0. The van der Waals surface area contributed by atoms with Gasteiger partial charge in [0, 0.05) is 24.6 Å². The molecule has 2 aliphatic heterocycles. The Morgan fingerprint density at radius 1 is 1.23 bits per heavy atom. The van der Waals surface area contributed by atoms with E-state index in [1.54, 1.807) is 0 Å². The molecule has 3 atom stereocenters. The van der Waals surface area contributed by atoms with Crippen molar-refractivity contribution in [3.8, 4) is 0 Å². The molecule has 0 amide bonds. The quantitative estimate of drug-likeness (QED) is 0.647. The minimum Gasteiger partial charge on any atom is -0.375 e. The minimum absolute atomic E-state index is 0.330. The molecule has 2 nitrogen and oxygen atoms in total. The molecule has 0 aromatic carbocycles. The molecule has 0 aromatic heterocycles. The summed E-state index contributed by atoms with van der Waals surface area (Å²) in [6.07, 6.45) is 3.14. The second-order valence-corrected chi connectivity index (χ2v) is 6.29. The average Bonchev–Trinajstić information content (AvgIpc) is 2.28. The Balaban J connectivity index is 2.05. The molecule has 1 spiro atoms. The number of thioether (sulfide) groups is 1. The maximum Gasteiger partial charge on any atom is 0.0698 e. The molecular weight excluding hydrogens is 182 g/mol. The van der Waals surface area contributed by atoms with Gasteiger partial charge in [0.2, 0.25) is 0 Å². The molecule has 13 heavy (non-hydrogen) atoms. The van der Waals surface area contributed by atoms with Crippen LogP contribution in [0, 0.1) is 0 Å². The summed E-state index contributed by atoms with van der Waals surface area (Å²) in [6, 6.07) is 0. The Labute approximate surface area is 84.8 Å². The van der Waals surface area contributed by atoms with E-state index < -0.39 is 0 Å². The fourth-order valence-corrected chi connectivity index (χ4v) is 4.31. The van der Waals surface area contributed by atoms with Crippen LogP contribution in [0.25, 0.3) is 0 Å². The third kappa shape index (κ3) is 2.03. The van der Waals surface area contributed by atoms with Crippen LogP contribution in [0.5, 0.6) is 0 Å². The highest BCUT2D eigenvalue weighted by Gasteiger charge is 2.43. The van der Waals surface area contributed by atoms with E-state index in [-0.39, 0.29) is 0 Å². The van der Waals surface area contributed by atoms with E-state index in [1.165, 1.54) is 0 Å². The molecule has 0 bridgehead atoms. The normalized spacial score (nSPS) is 51.5. The third-order valence-electron chi connectivity index (χ3n) is 2.84. The van der Waals surface area contributed by atoms with Gasteiger partial charge >= 0.3 is 0 Å². The van der Waals surface area contributed by atoms with Gasteiger partial charge in [0.1, 0.15) is 0 Å². The van der Waals surface area contributed by atoms with Crippen LogP contribution in [0.4, 0.5) is 0 Å². The second-order valence-electron chi connectivity index (χ2n) is 4.47. The first-order chi connectivity index (χ1) is 6.10. The number of hydrogen-bond acceptors (Lipinski definition) is 3. The van der Waals surface area contributed by atoms with Crippen LogP contribution >= 0.6 is 11.8 Å². The Morgan fingerprint density at radius 2 is 1.85 bits per heavy atom. The van der Waals surface area contributed by atoms with E-state index in [1.807, 2.05) is 0 Å². The van der Waals surface area contributed by atoms with Crippen LogP contribution in [-0.2, 0) is 4.74 Å². The van der Waals surface area contributed by atoms with Crippen LogP contribution in [-0.4, -0.2) is 28.9 Å². The number of nitrogens with one attached hydrogen (secondary N) is 1. The van der Waals surface area contributed by atoms with Gasteiger partial charge in [-0.3, -0.25) is 0 Å². The third-order valence-corrected chi connectivity index (χ3v) is 4.34. The predicted octanol–water partition coefficient (Wildman–Crippen LogP) is 2.00. The van der Waals surface area contributed by atoms with Crippen molar-refractivity contribution in [1.29, 1.82) is 0 Å². The Morgan fingerprint density at radius 3 is 2.31 bits per heavy atom. The zero-order valence-corrected chi connectivity index (χ0v) is 9.49. The first kappa shape index (κ1) is 9.81. The highest BCUT2D eigenvalue weighted by molar-refractivity contribution is 8.01. The number of hydrogen-bond donors (Lipinski definition) is 1. The van der Waals surface area contributed by atoms with E-state index in [4.69, 9.17) is 4.74 Å². The van der Waals surface area contributed by atoms with E-state index >= 15 is 0 Å². The second kappa shape index (κ2) is 3.44. The maximum atomic E-state index is 5.75. The van der Waals surface area contributed by atoms with E-state index in [0.717, 1.165) is 24.6 Å². The van der Waals surface area contributed by atoms with Gasteiger partial charge in [0.05, 0.1) is 17.1 Å². The molecule has 0 aromatic rings. The van der Waals surface area contributed by atoms with Crippen LogP contribution in [0.1, 0.15) is 33.6 Å². The average molecular weight is 201 g/mol. The van der Waals surface area contributed by atoms with Gasteiger partial charge in [-0.25, -0.2) is 0 Å². The molecule has 3 unspecified atom stereocenters. The van der Waals surface area contributed by atoms with Gasteiger partial charge in [-0.1, -0.05) is 6.92 Å². The van der Waals surface area contributed by atoms with Crippen molar-refractivity contribution < 1.29 is 4.74 Å². The summed E-state index contributed by atoms with van der Waals surface area (Å²) in [7, 11) is 0. The van der Waals surface area contributed by atoms with E-state index in [9.17, 15) is 0 Å². The molecule has 2 heterocycles. The SMILES string of the molecule is CC1CC2(CC(C)O1)NCC(C)S2. The summed E-state index contributed by atoms with van der Waals surface area (Å²) in [5, 5.41) is 4.43. The Hall–Kier alpha value is 0.270. The van der Waals surface area contributed by atoms with Crippen LogP contribution in [0.2, 0.25) is 0 Å². The first-order valence-electron chi connectivity index (χ1n) is 5.18. The molecule has 0 aliphatic carbocycles. The lowest BCUT2D eigenvalue weighted by Crippen LogP contribution is -2.47. The zero-order chi connectivity index (χ0) is 9.47. The van der Waals surface area contributed by atoms with E-state index in [2.05, 4.69) is 37.8 Å². The van der Waals surface area contributed by atoms with Crippen molar-refractivity contribution in [3.05, 3.63) is 0 Å². The summed E-state index contributed by atoms with van der Waals surface area (Å²) in [6.45, 7) is 7.83. The molecular formula is C10H19NOS. The smallest absolute Gasteiger partial charge is 0.0698 e. The molecule has 0 radical (unpaired) electrons. The van der Waals surface area contributed by atoms with Crippen molar-refractivity contribution in [2.24, 2.45) is 0 Å². The van der Waals surface area contributed by atoms with Crippen molar-refractivity contribution in [3.63, 3.8) is 0 Å². The standard InChI is InChI=1S/C10H19NOS/c1-7-4-10(5-8(2)12-7)11-6-9(3)13-10/h7-9,11H,4-6H2,1-3H3. The van der Waals surface area contributed by atoms with Gasteiger partial charge in [0.15, 0.2) is 0 Å². The van der Waals surface area contributed by atoms with Crippen molar-refractivity contribution in [2.45, 2.75) is 55.9 Å². The molecule has 76 valence electrons. The van der Waals surface area contributed by atoms with Crippen molar-refractivity contribution >= 4 is 11.8 Å². The Bertz CT molecular complexity index is 187. The highest BCUT2D eigenvalue weighted by Crippen LogP contribution is 2.43. The zero-order valence-electron chi connectivity index (χ0n) is 8.67. The van der Waals surface area contributed by atoms with Crippen LogP contribution < -0.4 is 5.32 Å². The first-order valence-corrected chi connectivity index (χ1v) is 6.06. The molecule has 2 rings (SSSR count). The number of ether oxygens (including phenoxy) is 1. The number of rotatable bonds is 0. The van der Waals surface area contributed by atoms with Gasteiger partial charge < -0.3 is 10.1 Å². The fourth-order valence-electron chi connectivity index (χ4n) is 2.54. The molecule has 2 aliphatic rings. The molecule has 0 saturated carbocycles.